The molecule has 20 heavy (non-hydrogen) atoms. The van der Waals surface area contributed by atoms with Gasteiger partial charge in [-0.15, -0.1) is 11.6 Å². The van der Waals surface area contributed by atoms with Crippen LogP contribution in [0.1, 0.15) is 19.7 Å². The molecule has 2 aromatic rings. The van der Waals surface area contributed by atoms with E-state index in [2.05, 4.69) is 15.3 Å². The lowest BCUT2D eigenvalue weighted by molar-refractivity contribution is -0.119. The third-order valence-electron chi connectivity index (χ3n) is 3.03. The van der Waals surface area contributed by atoms with Crippen LogP contribution in [0, 0.1) is 5.92 Å². The Balaban J connectivity index is 2.49. The van der Waals surface area contributed by atoms with E-state index < -0.39 is 11.9 Å². The number of nitrogens with two attached hydrogens (primary N) is 1. The van der Waals surface area contributed by atoms with Crippen molar-refractivity contribution in [2.75, 3.05) is 5.32 Å². The van der Waals surface area contributed by atoms with Crippen LogP contribution in [-0.2, 0) is 10.7 Å². The van der Waals surface area contributed by atoms with Crippen molar-refractivity contribution in [2.45, 2.75) is 25.8 Å². The van der Waals surface area contributed by atoms with Gasteiger partial charge in [0.1, 0.15) is 17.7 Å². The third kappa shape index (κ3) is 2.99. The smallest absolute Gasteiger partial charge is 0.240 e. The fraction of sp³-hybridized carbons (Fsp3) is 0.357. The van der Waals surface area contributed by atoms with E-state index in [0.717, 1.165) is 10.9 Å². The van der Waals surface area contributed by atoms with Crippen molar-refractivity contribution < 1.29 is 4.79 Å². The number of nitrogens with zero attached hydrogens (tertiary/aromatic N) is 2. The summed E-state index contributed by atoms with van der Waals surface area (Å²) in [5.41, 5.74) is 6.21. The number of halogens is 1. The molecule has 0 fully saturated rings. The summed E-state index contributed by atoms with van der Waals surface area (Å²) in [7, 11) is 0. The average Bonchev–Trinajstić information content (AvgIpc) is 2.43. The van der Waals surface area contributed by atoms with E-state index in [1.54, 1.807) is 0 Å². The van der Waals surface area contributed by atoms with E-state index in [1.807, 2.05) is 38.1 Å². The van der Waals surface area contributed by atoms with Gasteiger partial charge in [-0.1, -0.05) is 26.0 Å². The lowest BCUT2D eigenvalue weighted by Gasteiger charge is -2.20. The van der Waals surface area contributed by atoms with Crippen LogP contribution in [0.4, 0.5) is 5.82 Å². The molecule has 3 N–H and O–H groups in total. The largest absolute Gasteiger partial charge is 0.368 e. The molecule has 0 aliphatic carbocycles. The van der Waals surface area contributed by atoms with Crippen LogP contribution in [0.25, 0.3) is 10.9 Å². The summed E-state index contributed by atoms with van der Waals surface area (Å²) in [6, 6.07) is 7.08. The van der Waals surface area contributed by atoms with Crippen LogP contribution in [0.3, 0.4) is 0 Å². The highest BCUT2D eigenvalue weighted by atomic mass is 35.5. The van der Waals surface area contributed by atoms with Crippen molar-refractivity contribution in [1.29, 1.82) is 0 Å². The Morgan fingerprint density at radius 2 is 2.05 bits per heavy atom. The lowest BCUT2D eigenvalue weighted by Crippen LogP contribution is -2.39. The second kappa shape index (κ2) is 6.05. The Morgan fingerprint density at radius 1 is 1.35 bits per heavy atom. The quantitative estimate of drug-likeness (QED) is 0.829. The SMILES string of the molecule is CC(C)C(Nc1nc(CCl)nc2ccccc12)C(N)=O. The van der Waals surface area contributed by atoms with Crippen LogP contribution in [0.2, 0.25) is 0 Å². The summed E-state index contributed by atoms with van der Waals surface area (Å²) in [6.07, 6.45) is 0. The summed E-state index contributed by atoms with van der Waals surface area (Å²) in [6.45, 7) is 3.85. The van der Waals surface area contributed by atoms with E-state index in [1.165, 1.54) is 0 Å². The maximum absolute atomic E-state index is 11.5. The van der Waals surface area contributed by atoms with Gasteiger partial charge in [-0.25, -0.2) is 9.97 Å². The summed E-state index contributed by atoms with van der Waals surface area (Å²) < 4.78 is 0. The van der Waals surface area contributed by atoms with Crippen molar-refractivity contribution in [2.24, 2.45) is 11.7 Å². The number of amides is 1. The van der Waals surface area contributed by atoms with Crippen LogP contribution in [-0.4, -0.2) is 21.9 Å². The van der Waals surface area contributed by atoms with Crippen LogP contribution >= 0.6 is 11.6 Å². The zero-order valence-corrected chi connectivity index (χ0v) is 12.2. The normalized spacial score (nSPS) is 12.6. The van der Waals surface area contributed by atoms with Gasteiger partial charge in [0.15, 0.2) is 0 Å². The van der Waals surface area contributed by atoms with Gasteiger partial charge in [0, 0.05) is 5.39 Å². The number of hydrogen-bond acceptors (Lipinski definition) is 4. The highest BCUT2D eigenvalue weighted by molar-refractivity contribution is 6.16. The summed E-state index contributed by atoms with van der Waals surface area (Å²) >= 11 is 5.82. The molecular weight excluding hydrogens is 276 g/mol. The van der Waals surface area contributed by atoms with Crippen molar-refractivity contribution in [1.82, 2.24) is 9.97 Å². The average molecular weight is 293 g/mol. The first-order valence-electron chi connectivity index (χ1n) is 6.40. The fourth-order valence-corrected chi connectivity index (χ4v) is 2.13. The molecule has 0 saturated carbocycles. The Hall–Kier alpha value is -1.88. The predicted molar refractivity (Wildman–Crippen MR) is 80.5 cm³/mol. The van der Waals surface area contributed by atoms with Gasteiger partial charge in [0.2, 0.25) is 5.91 Å². The van der Waals surface area contributed by atoms with Gasteiger partial charge in [-0.2, -0.15) is 0 Å². The number of benzene rings is 1. The van der Waals surface area contributed by atoms with Gasteiger partial charge in [-0.05, 0) is 18.1 Å². The molecule has 0 aliphatic heterocycles. The van der Waals surface area contributed by atoms with Crippen molar-refractivity contribution in [3.8, 4) is 0 Å². The number of primary amides is 1. The fourth-order valence-electron chi connectivity index (χ4n) is 2.01. The van der Waals surface area contributed by atoms with E-state index >= 15 is 0 Å². The molecule has 1 heterocycles. The molecule has 0 saturated heterocycles. The minimum Gasteiger partial charge on any atom is -0.368 e. The van der Waals surface area contributed by atoms with Gasteiger partial charge in [0.05, 0.1) is 11.4 Å². The summed E-state index contributed by atoms with van der Waals surface area (Å²) in [5, 5.41) is 3.95. The number of anilines is 1. The van der Waals surface area contributed by atoms with Crippen molar-refractivity contribution in [3.63, 3.8) is 0 Å². The maximum atomic E-state index is 11.5. The highest BCUT2D eigenvalue weighted by Gasteiger charge is 2.21. The number of hydrogen-bond donors (Lipinski definition) is 2. The van der Waals surface area contributed by atoms with Gasteiger partial charge in [0.25, 0.3) is 0 Å². The van der Waals surface area contributed by atoms with Crippen LogP contribution in [0.15, 0.2) is 24.3 Å². The number of fused-ring (bicyclic) bond motifs is 1. The Morgan fingerprint density at radius 3 is 2.65 bits per heavy atom. The zero-order chi connectivity index (χ0) is 14.7. The first-order valence-corrected chi connectivity index (χ1v) is 6.94. The van der Waals surface area contributed by atoms with E-state index in [9.17, 15) is 4.79 Å². The molecule has 1 amide bonds. The second-order valence-electron chi connectivity index (χ2n) is 4.91. The van der Waals surface area contributed by atoms with Gasteiger partial charge in [-0.3, -0.25) is 4.79 Å². The molecule has 0 aliphatic rings. The van der Waals surface area contributed by atoms with E-state index in [0.29, 0.717) is 11.6 Å². The summed E-state index contributed by atoms with van der Waals surface area (Å²) in [4.78, 5) is 20.2. The first kappa shape index (κ1) is 14.5. The molecule has 6 heteroatoms. The Kier molecular flexibility index (Phi) is 4.39. The maximum Gasteiger partial charge on any atom is 0.240 e. The van der Waals surface area contributed by atoms with Gasteiger partial charge < -0.3 is 11.1 Å². The third-order valence-corrected chi connectivity index (χ3v) is 3.27. The first-order chi connectivity index (χ1) is 9.52. The molecule has 1 aromatic heterocycles. The van der Waals surface area contributed by atoms with Crippen LogP contribution in [0.5, 0.6) is 0 Å². The van der Waals surface area contributed by atoms with Crippen LogP contribution < -0.4 is 11.1 Å². The number of nitrogens with one attached hydrogen (secondary N) is 1. The molecule has 2 rings (SSSR count). The molecule has 5 nitrogen and oxygen atoms in total. The zero-order valence-electron chi connectivity index (χ0n) is 11.4. The number of rotatable bonds is 5. The lowest BCUT2D eigenvalue weighted by atomic mass is 10.0. The van der Waals surface area contributed by atoms with Crippen molar-refractivity contribution in [3.05, 3.63) is 30.1 Å². The van der Waals surface area contributed by atoms with Gasteiger partial charge >= 0.3 is 0 Å². The molecule has 0 radical (unpaired) electrons. The predicted octanol–water partition coefficient (Wildman–Crippen LogP) is 2.29. The molecule has 0 spiro atoms. The number of carbonyl (C=O) groups is 1. The molecule has 1 atom stereocenters. The number of carbonyl (C=O) groups excluding carboxylic acids is 1. The molecular formula is C14H17ClN4O. The topological polar surface area (TPSA) is 80.9 Å². The number of para-hydroxylation sites is 1. The van der Waals surface area contributed by atoms with Crippen molar-refractivity contribution >= 4 is 34.2 Å². The number of alkyl halides is 1. The highest BCUT2D eigenvalue weighted by Crippen LogP contribution is 2.22. The molecule has 1 unspecified atom stereocenters. The monoisotopic (exact) mass is 292 g/mol. The minimum atomic E-state index is -0.489. The van der Waals surface area contributed by atoms with E-state index in [-0.39, 0.29) is 11.8 Å². The molecule has 106 valence electrons. The summed E-state index contributed by atoms with van der Waals surface area (Å²) in [5.74, 6) is 0.960. The Labute approximate surface area is 122 Å². The molecule has 1 aromatic carbocycles. The van der Waals surface area contributed by atoms with E-state index in [4.69, 9.17) is 17.3 Å². The number of aromatic nitrogens is 2. The molecule has 0 bridgehead atoms. The Bertz CT molecular complexity index is 630. The minimum absolute atomic E-state index is 0.0562. The second-order valence-corrected chi connectivity index (χ2v) is 5.17. The standard InChI is InChI=1S/C14H17ClN4O/c1-8(2)12(13(16)20)19-14-9-5-3-4-6-10(9)17-11(7-15)18-14/h3-6,8,12H,7H2,1-2H3,(H2,16,20)(H,17,18,19).